The number of hydrogen-bond donors (Lipinski definition) is 1. The molecule has 1 heterocycles. The Morgan fingerprint density at radius 2 is 1.92 bits per heavy atom. The summed E-state index contributed by atoms with van der Waals surface area (Å²) in [6, 6.07) is 18.3. The van der Waals surface area contributed by atoms with Crippen molar-refractivity contribution in [3.63, 3.8) is 0 Å². The van der Waals surface area contributed by atoms with E-state index in [2.05, 4.69) is 47.2 Å². The zero-order valence-corrected chi connectivity index (χ0v) is 15.2. The highest BCUT2D eigenvalue weighted by Crippen LogP contribution is 2.24. The number of aliphatic carboxylic acids is 1. The fourth-order valence-electron chi connectivity index (χ4n) is 3.51. The Morgan fingerprint density at radius 1 is 1.19 bits per heavy atom. The number of ether oxygens (including phenoxy) is 1. The largest absolute Gasteiger partial charge is 0.482 e. The summed E-state index contributed by atoms with van der Waals surface area (Å²) >= 11 is 0. The second-order valence-electron chi connectivity index (χ2n) is 6.96. The van der Waals surface area contributed by atoms with Gasteiger partial charge in [0.2, 0.25) is 0 Å². The smallest absolute Gasteiger partial charge is 0.341 e. The van der Waals surface area contributed by atoms with Crippen molar-refractivity contribution in [3.8, 4) is 5.75 Å². The van der Waals surface area contributed by atoms with Crippen LogP contribution in [0.1, 0.15) is 12.0 Å². The maximum atomic E-state index is 10.5. The standard InChI is InChI=1S/C21H26N2O3/c1-22(13-17-7-9-20(10-8-17)26-16-21(24)25)14-18-11-12-23(15-18)19-5-3-2-4-6-19/h2-10,18H,11-16H2,1H3,(H,24,25)/t18-/m1/s1. The molecule has 0 aromatic heterocycles. The minimum Gasteiger partial charge on any atom is -0.482 e. The molecule has 1 fully saturated rings. The molecule has 0 unspecified atom stereocenters. The first kappa shape index (κ1) is 18.3. The van der Waals surface area contributed by atoms with Crippen LogP contribution in [-0.4, -0.2) is 49.3 Å². The zero-order chi connectivity index (χ0) is 18.4. The van der Waals surface area contributed by atoms with Gasteiger partial charge in [-0.05, 0) is 49.2 Å². The van der Waals surface area contributed by atoms with Crippen molar-refractivity contribution in [2.24, 2.45) is 5.92 Å². The predicted molar refractivity (Wildman–Crippen MR) is 103 cm³/mol. The minimum absolute atomic E-state index is 0.307. The van der Waals surface area contributed by atoms with Crippen molar-refractivity contribution in [1.29, 1.82) is 0 Å². The van der Waals surface area contributed by atoms with Crippen LogP contribution >= 0.6 is 0 Å². The van der Waals surface area contributed by atoms with E-state index in [1.807, 2.05) is 24.3 Å². The van der Waals surface area contributed by atoms with E-state index in [4.69, 9.17) is 9.84 Å². The Hall–Kier alpha value is -2.53. The van der Waals surface area contributed by atoms with Gasteiger partial charge < -0.3 is 19.6 Å². The average Bonchev–Trinajstić information content (AvgIpc) is 3.10. The fraction of sp³-hybridized carbons (Fsp3) is 0.381. The second-order valence-corrected chi connectivity index (χ2v) is 6.96. The van der Waals surface area contributed by atoms with Crippen LogP contribution in [0.15, 0.2) is 54.6 Å². The third-order valence-corrected chi connectivity index (χ3v) is 4.72. The third kappa shape index (κ3) is 5.23. The summed E-state index contributed by atoms with van der Waals surface area (Å²) in [5, 5.41) is 8.64. The first-order valence-corrected chi connectivity index (χ1v) is 9.02. The lowest BCUT2D eigenvalue weighted by atomic mass is 10.1. The number of para-hydroxylation sites is 1. The van der Waals surface area contributed by atoms with Crippen LogP contribution in [0.2, 0.25) is 0 Å². The summed E-state index contributed by atoms with van der Waals surface area (Å²) < 4.78 is 5.17. The molecule has 0 aliphatic carbocycles. The van der Waals surface area contributed by atoms with E-state index in [9.17, 15) is 4.79 Å². The molecule has 5 nitrogen and oxygen atoms in total. The van der Waals surface area contributed by atoms with Crippen molar-refractivity contribution in [1.82, 2.24) is 4.90 Å². The van der Waals surface area contributed by atoms with Gasteiger partial charge in [-0.1, -0.05) is 30.3 Å². The lowest BCUT2D eigenvalue weighted by molar-refractivity contribution is -0.139. The quantitative estimate of drug-likeness (QED) is 0.789. The van der Waals surface area contributed by atoms with Crippen LogP contribution in [0, 0.1) is 5.92 Å². The van der Waals surface area contributed by atoms with Gasteiger partial charge in [0, 0.05) is 31.9 Å². The molecule has 0 spiro atoms. The van der Waals surface area contributed by atoms with Gasteiger partial charge in [0.15, 0.2) is 6.61 Å². The highest BCUT2D eigenvalue weighted by Gasteiger charge is 2.23. The Morgan fingerprint density at radius 3 is 2.62 bits per heavy atom. The van der Waals surface area contributed by atoms with E-state index in [-0.39, 0.29) is 6.61 Å². The average molecular weight is 354 g/mol. The van der Waals surface area contributed by atoms with Crippen LogP contribution in [0.3, 0.4) is 0 Å². The number of nitrogens with zero attached hydrogens (tertiary/aromatic N) is 2. The number of rotatable bonds is 8. The van der Waals surface area contributed by atoms with Crippen LogP contribution in [0.5, 0.6) is 5.75 Å². The van der Waals surface area contributed by atoms with Gasteiger partial charge >= 0.3 is 5.97 Å². The van der Waals surface area contributed by atoms with Gasteiger partial charge in [-0.3, -0.25) is 0 Å². The molecule has 2 aromatic rings. The molecule has 1 saturated heterocycles. The third-order valence-electron chi connectivity index (χ3n) is 4.72. The molecule has 0 amide bonds. The monoisotopic (exact) mass is 354 g/mol. The van der Waals surface area contributed by atoms with Crippen LogP contribution in [-0.2, 0) is 11.3 Å². The van der Waals surface area contributed by atoms with E-state index in [0.717, 1.165) is 26.2 Å². The number of hydrogen-bond acceptors (Lipinski definition) is 4. The first-order chi connectivity index (χ1) is 12.6. The molecule has 1 aliphatic heterocycles. The van der Waals surface area contributed by atoms with Crippen LogP contribution < -0.4 is 9.64 Å². The first-order valence-electron chi connectivity index (χ1n) is 9.02. The molecule has 26 heavy (non-hydrogen) atoms. The summed E-state index contributed by atoms with van der Waals surface area (Å²) in [4.78, 5) is 15.3. The summed E-state index contributed by atoms with van der Waals surface area (Å²) in [7, 11) is 2.15. The highest BCUT2D eigenvalue weighted by atomic mass is 16.5. The topological polar surface area (TPSA) is 53.0 Å². The number of benzene rings is 2. The summed E-state index contributed by atoms with van der Waals surface area (Å²) in [6.07, 6.45) is 1.22. The maximum Gasteiger partial charge on any atom is 0.341 e. The molecule has 0 radical (unpaired) electrons. The molecule has 138 valence electrons. The van der Waals surface area contributed by atoms with E-state index in [1.54, 1.807) is 0 Å². The lowest BCUT2D eigenvalue weighted by Crippen LogP contribution is -2.28. The van der Waals surface area contributed by atoms with Crippen LogP contribution in [0.25, 0.3) is 0 Å². The predicted octanol–water partition coefficient (Wildman–Crippen LogP) is 3.11. The van der Waals surface area contributed by atoms with E-state index in [0.29, 0.717) is 11.7 Å². The van der Waals surface area contributed by atoms with Crippen molar-refractivity contribution in [3.05, 3.63) is 60.2 Å². The molecule has 2 aromatic carbocycles. The van der Waals surface area contributed by atoms with Gasteiger partial charge in [0.25, 0.3) is 0 Å². The molecule has 5 heteroatoms. The molecule has 3 rings (SSSR count). The van der Waals surface area contributed by atoms with E-state index >= 15 is 0 Å². The fourth-order valence-corrected chi connectivity index (χ4v) is 3.51. The molecule has 0 bridgehead atoms. The van der Waals surface area contributed by atoms with Crippen molar-refractivity contribution in [2.45, 2.75) is 13.0 Å². The second kappa shape index (κ2) is 8.72. The molecular weight excluding hydrogens is 328 g/mol. The Balaban J connectivity index is 1.45. The highest BCUT2D eigenvalue weighted by molar-refractivity contribution is 5.68. The Bertz CT molecular complexity index is 703. The Kier molecular flexibility index (Phi) is 6.12. The number of carboxylic acid groups (broad SMARTS) is 1. The van der Waals surface area contributed by atoms with Gasteiger partial charge in [-0.25, -0.2) is 4.79 Å². The normalized spacial score (nSPS) is 16.8. The van der Waals surface area contributed by atoms with Crippen LogP contribution in [0.4, 0.5) is 5.69 Å². The molecular formula is C21H26N2O3. The lowest BCUT2D eigenvalue weighted by Gasteiger charge is -2.22. The SMILES string of the molecule is CN(Cc1ccc(OCC(=O)O)cc1)C[C@H]1CCN(c2ccccc2)C1. The van der Waals surface area contributed by atoms with Gasteiger partial charge in [0.05, 0.1) is 0 Å². The summed E-state index contributed by atoms with van der Waals surface area (Å²) in [5.41, 5.74) is 2.52. The molecule has 0 saturated carbocycles. The summed E-state index contributed by atoms with van der Waals surface area (Å²) in [6.45, 7) is 3.87. The number of carbonyl (C=O) groups is 1. The zero-order valence-electron chi connectivity index (χ0n) is 15.2. The van der Waals surface area contributed by atoms with Crippen molar-refractivity contribution in [2.75, 3.05) is 38.2 Å². The Labute approximate surface area is 154 Å². The van der Waals surface area contributed by atoms with Crippen molar-refractivity contribution >= 4 is 11.7 Å². The van der Waals surface area contributed by atoms with Gasteiger partial charge in [-0.2, -0.15) is 0 Å². The molecule has 1 N–H and O–H groups in total. The molecule has 1 aliphatic rings. The van der Waals surface area contributed by atoms with Crippen molar-refractivity contribution < 1.29 is 14.6 Å². The van der Waals surface area contributed by atoms with E-state index in [1.165, 1.54) is 17.7 Å². The maximum absolute atomic E-state index is 10.5. The molecule has 1 atom stereocenters. The van der Waals surface area contributed by atoms with Gasteiger partial charge in [-0.15, -0.1) is 0 Å². The summed E-state index contributed by atoms with van der Waals surface area (Å²) in [5.74, 6) is 0.307. The van der Waals surface area contributed by atoms with Gasteiger partial charge in [0.1, 0.15) is 5.75 Å². The minimum atomic E-state index is -0.963. The van der Waals surface area contributed by atoms with E-state index < -0.39 is 5.97 Å². The number of carboxylic acids is 1. The number of anilines is 1.